The average Bonchev–Trinajstić information content (AvgIpc) is 2.80. The molecule has 0 aliphatic rings. The molecule has 0 saturated heterocycles. The molecule has 0 fully saturated rings. The van der Waals surface area contributed by atoms with Crippen LogP contribution in [0.4, 0.5) is 0 Å². The Morgan fingerprint density at radius 1 is 0.448 bits per heavy atom. The van der Waals surface area contributed by atoms with Crippen LogP contribution in [0.15, 0.2) is 109 Å². The molecule has 0 atom stereocenters. The third kappa shape index (κ3) is 3.32. The molecule has 29 heavy (non-hydrogen) atoms. The van der Waals surface area contributed by atoms with Crippen molar-refractivity contribution in [3.63, 3.8) is 0 Å². The standard InChI is InChI=1S/C26H18BO2/c1-3-11-19(12-4-1)25-21-15-7-9-17-23(21)26(24-18-10-8-16-22(24)25)29-27-28-20-13-5-2-6-14-20/h1-18H. The molecule has 0 unspecified atom stereocenters. The van der Waals surface area contributed by atoms with Crippen LogP contribution in [0.1, 0.15) is 0 Å². The molecular weight excluding hydrogens is 355 g/mol. The summed E-state index contributed by atoms with van der Waals surface area (Å²) in [6.45, 7) is 0. The summed E-state index contributed by atoms with van der Waals surface area (Å²) in [5, 5.41) is 4.41. The molecule has 5 aromatic rings. The van der Waals surface area contributed by atoms with Gasteiger partial charge in [-0.25, -0.2) is 0 Å². The summed E-state index contributed by atoms with van der Waals surface area (Å²) < 4.78 is 11.8. The highest BCUT2D eigenvalue weighted by Crippen LogP contribution is 2.42. The first-order valence-corrected chi connectivity index (χ1v) is 9.61. The van der Waals surface area contributed by atoms with Crippen molar-refractivity contribution in [3.8, 4) is 22.6 Å². The minimum atomic E-state index is 0.738. The molecular formula is C26H18BO2. The van der Waals surface area contributed by atoms with Gasteiger partial charge in [0.25, 0.3) is 0 Å². The first-order valence-electron chi connectivity index (χ1n) is 9.61. The molecule has 0 aromatic heterocycles. The van der Waals surface area contributed by atoms with E-state index in [0.717, 1.165) is 33.0 Å². The van der Waals surface area contributed by atoms with Gasteiger partial charge in [0.15, 0.2) is 0 Å². The number of rotatable bonds is 5. The van der Waals surface area contributed by atoms with Crippen LogP contribution in [-0.2, 0) is 0 Å². The predicted molar refractivity (Wildman–Crippen MR) is 120 cm³/mol. The molecule has 0 heterocycles. The van der Waals surface area contributed by atoms with Crippen LogP contribution in [0.5, 0.6) is 11.5 Å². The lowest BCUT2D eigenvalue weighted by molar-refractivity contribution is 0.464. The molecule has 2 nitrogen and oxygen atoms in total. The van der Waals surface area contributed by atoms with Gasteiger partial charge in [0.2, 0.25) is 0 Å². The SMILES string of the molecule is [B](Oc1ccccc1)Oc1c2ccccc2c(-c2ccccc2)c2ccccc12. The fraction of sp³-hybridized carbons (Fsp3) is 0. The molecule has 0 spiro atoms. The Balaban J connectivity index is 1.66. The number of hydrogen-bond acceptors (Lipinski definition) is 2. The first kappa shape index (κ1) is 17.4. The molecule has 0 N–H and O–H groups in total. The van der Waals surface area contributed by atoms with Crippen molar-refractivity contribution in [1.82, 2.24) is 0 Å². The molecule has 0 bridgehead atoms. The molecule has 3 heteroatoms. The summed E-state index contributed by atoms with van der Waals surface area (Å²) in [6.07, 6.45) is 0. The van der Waals surface area contributed by atoms with Gasteiger partial charge in [-0.05, 0) is 34.0 Å². The Hall–Kier alpha value is -3.72. The van der Waals surface area contributed by atoms with Gasteiger partial charge in [-0.15, -0.1) is 0 Å². The van der Waals surface area contributed by atoms with Crippen molar-refractivity contribution in [2.24, 2.45) is 0 Å². The van der Waals surface area contributed by atoms with Crippen LogP contribution in [0.3, 0.4) is 0 Å². The fourth-order valence-electron chi connectivity index (χ4n) is 3.76. The second-order valence-electron chi connectivity index (χ2n) is 6.81. The Morgan fingerprint density at radius 2 is 0.931 bits per heavy atom. The summed E-state index contributed by atoms with van der Waals surface area (Å²) >= 11 is 0. The van der Waals surface area contributed by atoms with E-state index in [2.05, 4.69) is 60.7 Å². The second kappa shape index (κ2) is 7.73. The smallest absolute Gasteiger partial charge is 0.526 e. The highest BCUT2D eigenvalue weighted by atomic mass is 16.6. The minimum Gasteiger partial charge on any atom is -0.526 e. The largest absolute Gasteiger partial charge is 0.658 e. The topological polar surface area (TPSA) is 18.5 Å². The molecule has 0 aliphatic carbocycles. The van der Waals surface area contributed by atoms with Crippen LogP contribution in [-0.4, -0.2) is 7.69 Å². The summed E-state index contributed by atoms with van der Waals surface area (Å²) in [5.41, 5.74) is 2.41. The lowest BCUT2D eigenvalue weighted by Crippen LogP contribution is -2.11. The maximum Gasteiger partial charge on any atom is 0.658 e. The number of para-hydroxylation sites is 1. The Bertz CT molecular complexity index is 1210. The van der Waals surface area contributed by atoms with Crippen LogP contribution >= 0.6 is 0 Å². The van der Waals surface area contributed by atoms with Crippen LogP contribution < -0.4 is 9.31 Å². The van der Waals surface area contributed by atoms with Crippen LogP contribution in [0.2, 0.25) is 0 Å². The molecule has 5 aromatic carbocycles. The first-order chi connectivity index (χ1) is 14.4. The average molecular weight is 373 g/mol. The van der Waals surface area contributed by atoms with Gasteiger partial charge in [-0.3, -0.25) is 0 Å². The summed E-state index contributed by atoms with van der Waals surface area (Å²) in [7, 11) is 1.41. The van der Waals surface area contributed by atoms with E-state index in [1.165, 1.54) is 18.8 Å². The minimum absolute atomic E-state index is 0.738. The van der Waals surface area contributed by atoms with Crippen molar-refractivity contribution >= 4 is 29.2 Å². The third-order valence-electron chi connectivity index (χ3n) is 5.04. The summed E-state index contributed by atoms with van der Waals surface area (Å²) in [5.74, 6) is 1.54. The van der Waals surface area contributed by atoms with E-state index < -0.39 is 0 Å². The molecule has 0 amide bonds. The van der Waals surface area contributed by atoms with Gasteiger partial charge < -0.3 is 9.31 Å². The molecule has 0 saturated carbocycles. The van der Waals surface area contributed by atoms with Crippen LogP contribution in [0.25, 0.3) is 32.7 Å². The number of benzene rings is 5. The normalized spacial score (nSPS) is 10.8. The molecule has 5 rings (SSSR count). The van der Waals surface area contributed by atoms with E-state index in [0.29, 0.717) is 0 Å². The number of hydrogen-bond donors (Lipinski definition) is 0. The fourth-order valence-corrected chi connectivity index (χ4v) is 3.76. The van der Waals surface area contributed by atoms with E-state index in [4.69, 9.17) is 9.31 Å². The van der Waals surface area contributed by atoms with Gasteiger partial charge >= 0.3 is 7.69 Å². The molecule has 137 valence electrons. The summed E-state index contributed by atoms with van der Waals surface area (Å²) in [4.78, 5) is 0. The van der Waals surface area contributed by atoms with Crippen LogP contribution in [0, 0.1) is 0 Å². The quantitative estimate of drug-likeness (QED) is 0.254. The Labute approximate surface area is 170 Å². The van der Waals surface area contributed by atoms with E-state index in [9.17, 15) is 0 Å². The Kier molecular flexibility index (Phi) is 4.63. The molecule has 1 radical (unpaired) electrons. The van der Waals surface area contributed by atoms with E-state index >= 15 is 0 Å². The number of fused-ring (bicyclic) bond motifs is 2. The van der Waals surface area contributed by atoms with Gasteiger partial charge in [0.05, 0.1) is 0 Å². The zero-order valence-corrected chi connectivity index (χ0v) is 15.8. The van der Waals surface area contributed by atoms with E-state index in [1.807, 2.05) is 48.5 Å². The predicted octanol–water partition coefficient (Wildman–Crippen LogP) is 6.65. The Morgan fingerprint density at radius 3 is 1.52 bits per heavy atom. The lowest BCUT2D eigenvalue weighted by Gasteiger charge is -2.17. The van der Waals surface area contributed by atoms with Crippen molar-refractivity contribution < 1.29 is 9.31 Å². The van der Waals surface area contributed by atoms with Gasteiger partial charge in [-0.1, -0.05) is 97.1 Å². The highest BCUT2D eigenvalue weighted by molar-refractivity contribution is 6.24. The second-order valence-corrected chi connectivity index (χ2v) is 6.81. The van der Waals surface area contributed by atoms with E-state index in [1.54, 1.807) is 0 Å². The third-order valence-corrected chi connectivity index (χ3v) is 5.04. The van der Waals surface area contributed by atoms with Crippen molar-refractivity contribution in [2.75, 3.05) is 0 Å². The zero-order valence-electron chi connectivity index (χ0n) is 15.8. The zero-order chi connectivity index (χ0) is 19.5. The van der Waals surface area contributed by atoms with Gasteiger partial charge in [0, 0.05) is 10.8 Å². The highest BCUT2D eigenvalue weighted by Gasteiger charge is 2.16. The molecule has 0 aliphatic heterocycles. The van der Waals surface area contributed by atoms with Gasteiger partial charge in [0.1, 0.15) is 11.5 Å². The maximum atomic E-state index is 6.08. The monoisotopic (exact) mass is 373 g/mol. The maximum absolute atomic E-state index is 6.08. The van der Waals surface area contributed by atoms with E-state index in [-0.39, 0.29) is 0 Å². The van der Waals surface area contributed by atoms with Crippen molar-refractivity contribution in [2.45, 2.75) is 0 Å². The van der Waals surface area contributed by atoms with Gasteiger partial charge in [-0.2, -0.15) is 0 Å². The summed E-state index contributed by atoms with van der Waals surface area (Å²) in [6, 6.07) is 36.8. The van der Waals surface area contributed by atoms with Crippen molar-refractivity contribution in [1.29, 1.82) is 0 Å². The lowest BCUT2D eigenvalue weighted by atomic mass is 9.91. The van der Waals surface area contributed by atoms with Crippen molar-refractivity contribution in [3.05, 3.63) is 109 Å².